The number of aromatic hydroxyl groups is 1. The molecule has 0 aliphatic rings. The van der Waals surface area contributed by atoms with Crippen molar-refractivity contribution in [3.05, 3.63) is 45.7 Å². The molecule has 4 heteroatoms. The van der Waals surface area contributed by atoms with E-state index < -0.39 is 0 Å². The number of rotatable bonds is 1. The lowest BCUT2D eigenvalue weighted by Crippen LogP contribution is -2.07. The quantitative estimate of drug-likeness (QED) is 0.763. The second kappa shape index (κ2) is 3.81. The second-order valence-corrected chi connectivity index (χ2v) is 3.77. The van der Waals surface area contributed by atoms with Gasteiger partial charge in [-0.25, -0.2) is 0 Å². The van der Waals surface area contributed by atoms with Gasteiger partial charge in [0.2, 0.25) is 5.88 Å². The average molecular weight is 216 g/mol. The van der Waals surface area contributed by atoms with Gasteiger partial charge in [0.25, 0.3) is 5.56 Å². The highest BCUT2D eigenvalue weighted by Gasteiger charge is 2.06. The fourth-order valence-corrected chi connectivity index (χ4v) is 1.56. The highest BCUT2D eigenvalue weighted by atomic mass is 16.3. The van der Waals surface area contributed by atoms with Crippen molar-refractivity contribution in [2.24, 2.45) is 0 Å². The van der Waals surface area contributed by atoms with Gasteiger partial charge in [-0.15, -0.1) is 0 Å². The minimum atomic E-state index is -0.358. The Kier molecular flexibility index (Phi) is 2.48. The number of aromatic amines is 1. The second-order valence-electron chi connectivity index (χ2n) is 3.77. The van der Waals surface area contributed by atoms with E-state index in [1.165, 1.54) is 0 Å². The van der Waals surface area contributed by atoms with E-state index in [4.69, 9.17) is 0 Å². The highest BCUT2D eigenvalue weighted by Crippen LogP contribution is 2.21. The average Bonchev–Trinajstić information content (AvgIpc) is 2.20. The molecule has 2 aromatic rings. The summed E-state index contributed by atoms with van der Waals surface area (Å²) in [5.41, 5.74) is 2.54. The summed E-state index contributed by atoms with van der Waals surface area (Å²) in [6.07, 6.45) is 0. The number of hydrogen-bond acceptors (Lipinski definition) is 3. The zero-order chi connectivity index (χ0) is 11.7. The van der Waals surface area contributed by atoms with Gasteiger partial charge < -0.3 is 10.1 Å². The first-order valence-electron chi connectivity index (χ1n) is 4.94. The first-order valence-corrected chi connectivity index (χ1v) is 4.94. The smallest absolute Gasteiger partial charge is 0.254 e. The van der Waals surface area contributed by atoms with Crippen molar-refractivity contribution < 1.29 is 5.11 Å². The Balaban J connectivity index is 2.66. The van der Waals surface area contributed by atoms with E-state index in [0.717, 1.165) is 22.8 Å². The summed E-state index contributed by atoms with van der Waals surface area (Å²) in [6.45, 7) is 3.89. The lowest BCUT2D eigenvalue weighted by molar-refractivity contribution is 0.452. The van der Waals surface area contributed by atoms with Crippen LogP contribution in [-0.4, -0.2) is 15.1 Å². The molecule has 0 radical (unpaired) electrons. The van der Waals surface area contributed by atoms with Crippen molar-refractivity contribution in [2.75, 3.05) is 0 Å². The lowest BCUT2D eigenvalue weighted by Gasteiger charge is -2.06. The Hall–Kier alpha value is -2.10. The van der Waals surface area contributed by atoms with Crippen LogP contribution in [0.1, 0.15) is 11.1 Å². The van der Waals surface area contributed by atoms with Gasteiger partial charge >= 0.3 is 0 Å². The Morgan fingerprint density at radius 2 is 2.00 bits per heavy atom. The third-order valence-electron chi connectivity index (χ3n) is 2.38. The van der Waals surface area contributed by atoms with Crippen LogP contribution in [0.15, 0.2) is 29.1 Å². The number of hydrogen-bond donors (Lipinski definition) is 2. The maximum atomic E-state index is 11.2. The van der Waals surface area contributed by atoms with Crippen LogP contribution in [0.25, 0.3) is 11.4 Å². The van der Waals surface area contributed by atoms with Gasteiger partial charge in [-0.3, -0.25) is 4.79 Å². The van der Waals surface area contributed by atoms with E-state index in [1.54, 1.807) is 0 Å². The normalized spacial score (nSPS) is 10.4. The predicted octanol–water partition coefficient (Wildman–Crippen LogP) is 1.76. The molecule has 2 rings (SSSR count). The number of nitrogens with one attached hydrogen (secondary N) is 1. The Morgan fingerprint density at radius 1 is 1.25 bits per heavy atom. The minimum absolute atomic E-state index is 0.264. The number of aryl methyl sites for hydroxylation is 2. The van der Waals surface area contributed by atoms with E-state index in [2.05, 4.69) is 9.97 Å². The lowest BCUT2D eigenvalue weighted by atomic mass is 10.1. The molecule has 0 aliphatic heterocycles. The summed E-state index contributed by atoms with van der Waals surface area (Å²) in [5.74, 6) is 0.130. The van der Waals surface area contributed by atoms with E-state index in [0.29, 0.717) is 5.82 Å². The molecule has 0 saturated heterocycles. The van der Waals surface area contributed by atoms with Crippen molar-refractivity contribution in [3.63, 3.8) is 0 Å². The maximum absolute atomic E-state index is 11.2. The Labute approximate surface area is 92.6 Å². The first kappa shape index (κ1) is 10.4. The summed E-state index contributed by atoms with van der Waals surface area (Å²) in [6, 6.07) is 6.91. The van der Waals surface area contributed by atoms with Gasteiger partial charge in [0.1, 0.15) is 5.82 Å². The first-order chi connectivity index (χ1) is 7.56. The van der Waals surface area contributed by atoms with Crippen LogP contribution < -0.4 is 5.56 Å². The predicted molar refractivity (Wildman–Crippen MR) is 61.4 cm³/mol. The maximum Gasteiger partial charge on any atom is 0.254 e. The topological polar surface area (TPSA) is 66.0 Å². The van der Waals surface area contributed by atoms with Crippen LogP contribution in [-0.2, 0) is 0 Å². The van der Waals surface area contributed by atoms with Gasteiger partial charge in [-0.1, -0.05) is 17.7 Å². The van der Waals surface area contributed by atoms with Gasteiger partial charge in [-0.05, 0) is 25.5 Å². The van der Waals surface area contributed by atoms with Crippen LogP contribution in [0.2, 0.25) is 0 Å². The van der Waals surface area contributed by atoms with Crippen molar-refractivity contribution in [2.45, 2.75) is 13.8 Å². The van der Waals surface area contributed by atoms with Crippen molar-refractivity contribution in [3.8, 4) is 17.3 Å². The molecule has 1 heterocycles. The van der Waals surface area contributed by atoms with Crippen LogP contribution >= 0.6 is 0 Å². The number of H-pyrrole nitrogens is 1. The van der Waals surface area contributed by atoms with Crippen LogP contribution in [0, 0.1) is 13.8 Å². The highest BCUT2D eigenvalue weighted by molar-refractivity contribution is 5.61. The number of nitrogens with zero attached hydrogens (tertiary/aromatic N) is 1. The molecule has 0 spiro atoms. The molecular weight excluding hydrogens is 204 g/mol. The molecular formula is C12H12N2O2. The third kappa shape index (κ3) is 1.95. The molecule has 0 fully saturated rings. The van der Waals surface area contributed by atoms with E-state index in [9.17, 15) is 9.90 Å². The van der Waals surface area contributed by atoms with Crippen molar-refractivity contribution in [1.29, 1.82) is 0 Å². The van der Waals surface area contributed by atoms with Crippen molar-refractivity contribution >= 4 is 0 Å². The molecule has 4 nitrogen and oxygen atoms in total. The van der Waals surface area contributed by atoms with Crippen LogP contribution in [0.3, 0.4) is 0 Å². The summed E-state index contributed by atoms with van der Waals surface area (Å²) < 4.78 is 0. The Bertz CT molecular complexity index is 588. The molecule has 1 aromatic heterocycles. The zero-order valence-electron chi connectivity index (χ0n) is 9.11. The molecule has 82 valence electrons. The summed E-state index contributed by atoms with van der Waals surface area (Å²) >= 11 is 0. The van der Waals surface area contributed by atoms with Gasteiger partial charge in [-0.2, -0.15) is 4.98 Å². The third-order valence-corrected chi connectivity index (χ3v) is 2.38. The molecule has 0 amide bonds. The number of benzene rings is 1. The fourth-order valence-electron chi connectivity index (χ4n) is 1.56. The van der Waals surface area contributed by atoms with Crippen LogP contribution in [0.5, 0.6) is 5.88 Å². The van der Waals surface area contributed by atoms with Gasteiger partial charge in [0, 0.05) is 5.56 Å². The fraction of sp³-hybridized carbons (Fsp3) is 0.167. The molecule has 0 aliphatic carbocycles. The molecule has 16 heavy (non-hydrogen) atoms. The van der Waals surface area contributed by atoms with E-state index in [1.807, 2.05) is 32.0 Å². The largest absolute Gasteiger partial charge is 0.493 e. The molecule has 0 saturated carbocycles. The minimum Gasteiger partial charge on any atom is -0.493 e. The summed E-state index contributed by atoms with van der Waals surface area (Å²) in [5, 5.41) is 9.28. The summed E-state index contributed by atoms with van der Waals surface area (Å²) in [4.78, 5) is 17.7. The molecule has 0 unspecified atom stereocenters. The molecule has 0 bridgehead atoms. The molecule has 1 aromatic carbocycles. The summed E-state index contributed by atoms with van der Waals surface area (Å²) in [7, 11) is 0. The van der Waals surface area contributed by atoms with E-state index >= 15 is 0 Å². The van der Waals surface area contributed by atoms with Crippen LogP contribution in [0.4, 0.5) is 0 Å². The number of aromatic nitrogens is 2. The van der Waals surface area contributed by atoms with Crippen molar-refractivity contribution in [1.82, 2.24) is 9.97 Å². The van der Waals surface area contributed by atoms with Gasteiger partial charge in [0.15, 0.2) is 0 Å². The monoisotopic (exact) mass is 216 g/mol. The van der Waals surface area contributed by atoms with Gasteiger partial charge in [0.05, 0.1) is 6.07 Å². The SMILES string of the molecule is Cc1ccc(C)c(-c2nc(O)cc(=O)[nH]2)c1. The van der Waals surface area contributed by atoms with E-state index in [-0.39, 0.29) is 11.4 Å². The Morgan fingerprint density at radius 3 is 2.69 bits per heavy atom. The standard InChI is InChI=1S/C12H12N2O2/c1-7-3-4-8(2)9(5-7)12-13-10(15)6-11(16)14-12/h3-6H,1-2H3,(H2,13,14,15,16). The molecule has 2 N–H and O–H groups in total. The molecule has 0 atom stereocenters. The zero-order valence-corrected chi connectivity index (χ0v) is 9.11.